The third kappa shape index (κ3) is 4.55. The SMILES string of the molecule is COc1ccccc1-c1ccc(OC)c(C2CN(c3nc(-c4ccncc4)cc(=O)n3C)CCO2)c1. The molecular weight excluding hydrogens is 456 g/mol. The van der Waals surface area contributed by atoms with Gasteiger partial charge in [0.05, 0.1) is 33.1 Å². The van der Waals surface area contributed by atoms with E-state index in [0.717, 1.165) is 33.8 Å². The number of para-hydroxylation sites is 1. The van der Waals surface area contributed by atoms with Gasteiger partial charge in [0.1, 0.15) is 17.6 Å². The Balaban J connectivity index is 1.51. The molecule has 0 saturated carbocycles. The van der Waals surface area contributed by atoms with Gasteiger partial charge in [-0.15, -0.1) is 0 Å². The lowest BCUT2D eigenvalue weighted by Gasteiger charge is -2.35. The fraction of sp³-hybridized carbons (Fsp3) is 0.250. The first-order valence-electron chi connectivity index (χ1n) is 11.8. The molecule has 184 valence electrons. The Bertz CT molecular complexity index is 1420. The quantitative estimate of drug-likeness (QED) is 0.408. The Morgan fingerprint density at radius 1 is 0.944 bits per heavy atom. The Morgan fingerprint density at radius 3 is 2.50 bits per heavy atom. The van der Waals surface area contributed by atoms with E-state index < -0.39 is 0 Å². The molecule has 1 aliphatic rings. The van der Waals surface area contributed by atoms with Crippen LogP contribution in [0.15, 0.2) is 77.9 Å². The summed E-state index contributed by atoms with van der Waals surface area (Å²) in [7, 11) is 5.07. The second-order valence-electron chi connectivity index (χ2n) is 8.54. The van der Waals surface area contributed by atoms with E-state index in [9.17, 15) is 4.79 Å². The van der Waals surface area contributed by atoms with Gasteiger partial charge in [0, 0.05) is 48.7 Å². The van der Waals surface area contributed by atoms with Crippen molar-refractivity contribution in [3.63, 3.8) is 0 Å². The molecule has 0 spiro atoms. The summed E-state index contributed by atoms with van der Waals surface area (Å²) in [4.78, 5) is 23.8. The average molecular weight is 485 g/mol. The molecule has 0 aliphatic carbocycles. The monoisotopic (exact) mass is 484 g/mol. The van der Waals surface area contributed by atoms with E-state index in [1.807, 2.05) is 48.5 Å². The highest BCUT2D eigenvalue weighted by Crippen LogP contribution is 2.37. The minimum absolute atomic E-state index is 0.120. The topological polar surface area (TPSA) is 78.7 Å². The summed E-state index contributed by atoms with van der Waals surface area (Å²) in [5.74, 6) is 2.14. The van der Waals surface area contributed by atoms with E-state index in [4.69, 9.17) is 19.2 Å². The number of aromatic nitrogens is 3. The van der Waals surface area contributed by atoms with Crippen LogP contribution >= 0.6 is 0 Å². The molecule has 5 rings (SSSR count). The Kier molecular flexibility index (Phi) is 6.69. The smallest absolute Gasteiger partial charge is 0.255 e. The predicted molar refractivity (Wildman–Crippen MR) is 139 cm³/mol. The van der Waals surface area contributed by atoms with Crippen LogP contribution in [0.1, 0.15) is 11.7 Å². The van der Waals surface area contributed by atoms with Crippen LogP contribution in [0.3, 0.4) is 0 Å². The molecule has 0 amide bonds. The summed E-state index contributed by atoms with van der Waals surface area (Å²) in [6.45, 7) is 1.62. The lowest BCUT2D eigenvalue weighted by atomic mass is 9.98. The highest BCUT2D eigenvalue weighted by molar-refractivity contribution is 5.72. The standard InChI is InChI=1S/C28H28N4O4/c1-31-27(33)17-23(19-10-12-29-13-11-19)30-28(31)32-14-15-36-26(18-32)22-16-20(8-9-25(22)35-3)21-6-4-5-7-24(21)34-2/h4-13,16-17,26H,14-15,18H2,1-3H3. The van der Waals surface area contributed by atoms with Crippen molar-refractivity contribution in [1.29, 1.82) is 0 Å². The molecular formula is C28H28N4O4. The van der Waals surface area contributed by atoms with Gasteiger partial charge in [-0.1, -0.05) is 24.3 Å². The van der Waals surface area contributed by atoms with Crippen molar-refractivity contribution in [3.05, 3.63) is 89.0 Å². The average Bonchev–Trinajstić information content (AvgIpc) is 2.94. The molecule has 4 aromatic rings. The van der Waals surface area contributed by atoms with E-state index >= 15 is 0 Å². The van der Waals surface area contributed by atoms with Crippen molar-refractivity contribution >= 4 is 5.95 Å². The van der Waals surface area contributed by atoms with Gasteiger partial charge in [-0.3, -0.25) is 14.3 Å². The van der Waals surface area contributed by atoms with Crippen molar-refractivity contribution in [2.24, 2.45) is 7.05 Å². The van der Waals surface area contributed by atoms with E-state index in [1.54, 1.807) is 44.3 Å². The molecule has 1 fully saturated rings. The first-order valence-corrected chi connectivity index (χ1v) is 11.8. The first kappa shape index (κ1) is 23.6. The number of hydrogen-bond acceptors (Lipinski definition) is 7. The molecule has 1 saturated heterocycles. The van der Waals surface area contributed by atoms with Crippen LogP contribution in [0.25, 0.3) is 22.4 Å². The molecule has 0 N–H and O–H groups in total. The fourth-order valence-corrected chi connectivity index (χ4v) is 4.54. The van der Waals surface area contributed by atoms with Crippen molar-refractivity contribution in [2.75, 3.05) is 38.8 Å². The van der Waals surface area contributed by atoms with E-state index in [-0.39, 0.29) is 11.7 Å². The van der Waals surface area contributed by atoms with E-state index in [0.29, 0.717) is 31.3 Å². The third-order valence-corrected chi connectivity index (χ3v) is 6.43. The van der Waals surface area contributed by atoms with Crippen LogP contribution in [0, 0.1) is 0 Å². The van der Waals surface area contributed by atoms with Crippen LogP contribution in [0.5, 0.6) is 11.5 Å². The van der Waals surface area contributed by atoms with Crippen LogP contribution in [-0.4, -0.2) is 48.5 Å². The minimum atomic E-state index is -0.273. The molecule has 2 aromatic carbocycles. The number of rotatable bonds is 6. The number of pyridine rings is 1. The zero-order chi connectivity index (χ0) is 25.1. The Hall–Kier alpha value is -4.17. The van der Waals surface area contributed by atoms with Crippen LogP contribution in [-0.2, 0) is 11.8 Å². The lowest BCUT2D eigenvalue weighted by molar-refractivity contribution is 0.0375. The fourth-order valence-electron chi connectivity index (χ4n) is 4.54. The van der Waals surface area contributed by atoms with Crippen LogP contribution in [0.2, 0.25) is 0 Å². The van der Waals surface area contributed by atoms with Crippen molar-refractivity contribution in [2.45, 2.75) is 6.10 Å². The molecule has 0 radical (unpaired) electrons. The molecule has 1 unspecified atom stereocenters. The third-order valence-electron chi connectivity index (χ3n) is 6.43. The summed E-state index contributed by atoms with van der Waals surface area (Å²) >= 11 is 0. The van der Waals surface area contributed by atoms with Crippen molar-refractivity contribution in [1.82, 2.24) is 14.5 Å². The maximum atomic E-state index is 12.8. The summed E-state index contributed by atoms with van der Waals surface area (Å²) < 4.78 is 19.1. The zero-order valence-electron chi connectivity index (χ0n) is 20.5. The summed E-state index contributed by atoms with van der Waals surface area (Å²) in [5.41, 5.74) is 4.28. The van der Waals surface area contributed by atoms with Gasteiger partial charge < -0.3 is 19.1 Å². The highest BCUT2D eigenvalue weighted by Gasteiger charge is 2.28. The van der Waals surface area contributed by atoms with Crippen molar-refractivity contribution in [3.8, 4) is 33.9 Å². The predicted octanol–water partition coefficient (Wildman–Crippen LogP) is 4.10. The van der Waals surface area contributed by atoms with Gasteiger partial charge in [0.15, 0.2) is 0 Å². The van der Waals surface area contributed by atoms with Gasteiger partial charge in [0.2, 0.25) is 5.95 Å². The van der Waals surface area contributed by atoms with Gasteiger partial charge in [-0.2, -0.15) is 0 Å². The normalized spacial score (nSPS) is 15.5. The van der Waals surface area contributed by atoms with Crippen LogP contribution < -0.4 is 19.9 Å². The Labute approximate surface area is 209 Å². The number of ether oxygens (including phenoxy) is 3. The largest absolute Gasteiger partial charge is 0.496 e. The molecule has 8 nitrogen and oxygen atoms in total. The molecule has 1 atom stereocenters. The molecule has 3 heterocycles. The van der Waals surface area contributed by atoms with Gasteiger partial charge in [0.25, 0.3) is 5.56 Å². The number of methoxy groups -OCH3 is 2. The van der Waals surface area contributed by atoms with Gasteiger partial charge >= 0.3 is 0 Å². The maximum absolute atomic E-state index is 12.8. The number of anilines is 1. The summed E-state index contributed by atoms with van der Waals surface area (Å²) in [5, 5.41) is 0. The molecule has 1 aliphatic heterocycles. The number of nitrogens with zero attached hydrogens (tertiary/aromatic N) is 4. The van der Waals surface area contributed by atoms with Gasteiger partial charge in [-0.25, -0.2) is 4.98 Å². The molecule has 2 aromatic heterocycles. The minimum Gasteiger partial charge on any atom is -0.496 e. The van der Waals surface area contributed by atoms with Crippen molar-refractivity contribution < 1.29 is 14.2 Å². The maximum Gasteiger partial charge on any atom is 0.255 e. The Morgan fingerprint density at radius 2 is 1.72 bits per heavy atom. The number of morpholine rings is 1. The second kappa shape index (κ2) is 10.2. The van der Waals surface area contributed by atoms with E-state index in [2.05, 4.69) is 16.0 Å². The molecule has 0 bridgehead atoms. The highest BCUT2D eigenvalue weighted by atomic mass is 16.5. The number of hydrogen-bond donors (Lipinski definition) is 0. The van der Waals surface area contributed by atoms with E-state index in [1.165, 1.54) is 0 Å². The summed E-state index contributed by atoms with van der Waals surface area (Å²) in [6.07, 6.45) is 3.12. The first-order chi connectivity index (χ1) is 17.6. The lowest BCUT2D eigenvalue weighted by Crippen LogP contribution is -2.41. The van der Waals surface area contributed by atoms with Crippen LogP contribution in [0.4, 0.5) is 5.95 Å². The zero-order valence-corrected chi connectivity index (χ0v) is 20.5. The molecule has 8 heteroatoms. The second-order valence-corrected chi connectivity index (χ2v) is 8.54. The number of benzene rings is 2. The molecule has 36 heavy (non-hydrogen) atoms. The van der Waals surface area contributed by atoms with Gasteiger partial charge in [-0.05, 0) is 35.9 Å². The summed E-state index contributed by atoms with van der Waals surface area (Å²) in [6, 6.07) is 19.2.